The van der Waals surface area contributed by atoms with Gasteiger partial charge in [-0.2, -0.15) is 10.4 Å². The molecule has 6 nitrogen and oxygen atoms in total. The highest BCUT2D eigenvalue weighted by Gasteiger charge is 2.27. The SMILES string of the molecule is CC1=NNC(=O)C1=C1C=C(c2nc(Cc3ccccc3C#N)cs2)c2ccccc2N1. The minimum absolute atomic E-state index is 0.220. The first-order valence-electron chi connectivity index (χ1n) is 9.74. The number of rotatable bonds is 3. The maximum Gasteiger partial charge on any atom is 0.275 e. The summed E-state index contributed by atoms with van der Waals surface area (Å²) < 4.78 is 0. The Kier molecular flexibility index (Phi) is 4.69. The van der Waals surface area contributed by atoms with Crippen molar-refractivity contribution in [1.29, 1.82) is 5.26 Å². The number of hydrogen-bond acceptors (Lipinski definition) is 6. The first-order valence-corrected chi connectivity index (χ1v) is 10.6. The lowest BCUT2D eigenvalue weighted by molar-refractivity contribution is -0.116. The van der Waals surface area contributed by atoms with Gasteiger partial charge in [-0.25, -0.2) is 10.4 Å². The fraction of sp³-hybridized carbons (Fsp3) is 0.0833. The summed E-state index contributed by atoms with van der Waals surface area (Å²) in [6.45, 7) is 1.81. The summed E-state index contributed by atoms with van der Waals surface area (Å²) in [5.74, 6) is -0.220. The van der Waals surface area contributed by atoms with E-state index in [1.54, 1.807) is 11.3 Å². The Morgan fingerprint density at radius 2 is 1.94 bits per heavy atom. The van der Waals surface area contributed by atoms with Gasteiger partial charge in [0.25, 0.3) is 5.91 Å². The van der Waals surface area contributed by atoms with Gasteiger partial charge in [0.1, 0.15) is 5.01 Å². The summed E-state index contributed by atoms with van der Waals surface area (Å²) in [5, 5.41) is 19.7. The molecule has 0 spiro atoms. The molecule has 5 rings (SSSR count). The number of nitrogens with one attached hydrogen (secondary N) is 2. The fourth-order valence-electron chi connectivity index (χ4n) is 3.76. The van der Waals surface area contributed by atoms with Crippen LogP contribution in [0.25, 0.3) is 5.57 Å². The molecule has 150 valence electrons. The number of nitrogens with zero attached hydrogens (tertiary/aromatic N) is 3. The number of para-hydroxylation sites is 1. The smallest absolute Gasteiger partial charge is 0.275 e. The zero-order valence-corrected chi connectivity index (χ0v) is 17.5. The van der Waals surface area contributed by atoms with Crippen molar-refractivity contribution in [2.75, 3.05) is 5.32 Å². The molecule has 2 aliphatic rings. The molecule has 0 bridgehead atoms. The number of allylic oxidation sites excluding steroid dienone is 1. The molecular weight excluding hydrogens is 406 g/mol. The van der Waals surface area contributed by atoms with Gasteiger partial charge in [-0.3, -0.25) is 4.79 Å². The molecule has 0 aliphatic carbocycles. The van der Waals surface area contributed by atoms with E-state index in [1.807, 2.05) is 66.9 Å². The molecule has 0 fully saturated rings. The Hall–Kier alpha value is -4.02. The van der Waals surface area contributed by atoms with E-state index in [0.717, 1.165) is 33.1 Å². The van der Waals surface area contributed by atoms with Crippen LogP contribution in [-0.2, 0) is 11.2 Å². The summed E-state index contributed by atoms with van der Waals surface area (Å²) in [5.41, 5.74) is 9.83. The van der Waals surface area contributed by atoms with E-state index < -0.39 is 0 Å². The Bertz CT molecular complexity index is 1360. The van der Waals surface area contributed by atoms with Gasteiger partial charge in [0, 0.05) is 28.6 Å². The van der Waals surface area contributed by atoms with Crippen molar-refractivity contribution in [3.8, 4) is 6.07 Å². The number of amides is 1. The third-order valence-corrected chi connectivity index (χ3v) is 6.17. The molecule has 3 aromatic rings. The number of benzene rings is 2. The molecule has 2 aromatic carbocycles. The highest BCUT2D eigenvalue weighted by molar-refractivity contribution is 7.10. The topological polar surface area (TPSA) is 90.2 Å². The summed E-state index contributed by atoms with van der Waals surface area (Å²) >= 11 is 1.56. The van der Waals surface area contributed by atoms with Gasteiger partial charge in [-0.05, 0) is 30.7 Å². The number of thiazole rings is 1. The van der Waals surface area contributed by atoms with Gasteiger partial charge in [0.05, 0.1) is 34.3 Å². The third-order valence-electron chi connectivity index (χ3n) is 5.25. The Balaban J connectivity index is 1.57. The highest BCUT2D eigenvalue weighted by atomic mass is 32.1. The number of hydrazone groups is 1. The van der Waals surface area contributed by atoms with Crippen LogP contribution in [-0.4, -0.2) is 16.6 Å². The predicted molar refractivity (Wildman–Crippen MR) is 121 cm³/mol. The number of fused-ring (bicyclic) bond motifs is 1. The lowest BCUT2D eigenvalue weighted by Crippen LogP contribution is -2.19. The molecule has 0 unspecified atom stereocenters. The maximum absolute atomic E-state index is 12.3. The van der Waals surface area contributed by atoms with E-state index in [1.165, 1.54) is 0 Å². The second kappa shape index (κ2) is 7.67. The maximum atomic E-state index is 12.3. The van der Waals surface area contributed by atoms with Crippen LogP contribution in [0.5, 0.6) is 0 Å². The Labute approximate surface area is 183 Å². The Morgan fingerprint density at radius 1 is 1.13 bits per heavy atom. The minimum atomic E-state index is -0.220. The average Bonchev–Trinajstić information content (AvgIpc) is 3.39. The minimum Gasteiger partial charge on any atom is -0.354 e. The summed E-state index contributed by atoms with van der Waals surface area (Å²) in [4.78, 5) is 17.2. The molecule has 0 saturated heterocycles. The van der Waals surface area contributed by atoms with Crippen LogP contribution in [0.2, 0.25) is 0 Å². The van der Waals surface area contributed by atoms with Crippen LogP contribution < -0.4 is 10.7 Å². The van der Waals surface area contributed by atoms with Crippen LogP contribution in [0.15, 0.2) is 76.4 Å². The van der Waals surface area contributed by atoms with Crippen LogP contribution >= 0.6 is 11.3 Å². The van der Waals surface area contributed by atoms with Gasteiger partial charge >= 0.3 is 0 Å². The second-order valence-corrected chi connectivity index (χ2v) is 8.10. The molecule has 0 atom stereocenters. The summed E-state index contributed by atoms with van der Waals surface area (Å²) in [6.07, 6.45) is 2.56. The number of carbonyl (C=O) groups excluding carboxylic acids is 1. The quantitative estimate of drug-likeness (QED) is 0.617. The zero-order valence-electron chi connectivity index (χ0n) is 16.6. The molecule has 2 aliphatic heterocycles. The Morgan fingerprint density at radius 3 is 2.74 bits per heavy atom. The van der Waals surface area contributed by atoms with Gasteiger partial charge < -0.3 is 5.32 Å². The number of anilines is 1. The van der Waals surface area contributed by atoms with Gasteiger partial charge in [-0.1, -0.05) is 36.4 Å². The van der Waals surface area contributed by atoms with Gasteiger partial charge in [0.15, 0.2) is 0 Å². The van der Waals surface area contributed by atoms with Crippen molar-refractivity contribution < 1.29 is 4.79 Å². The fourth-order valence-corrected chi connectivity index (χ4v) is 4.61. The molecule has 1 aromatic heterocycles. The van der Waals surface area contributed by atoms with Gasteiger partial charge in [0.2, 0.25) is 0 Å². The highest BCUT2D eigenvalue weighted by Crippen LogP contribution is 2.37. The van der Waals surface area contributed by atoms with Crippen molar-refractivity contribution in [2.45, 2.75) is 13.3 Å². The first kappa shape index (κ1) is 19.0. The van der Waals surface area contributed by atoms with Crippen LogP contribution in [0, 0.1) is 11.3 Å². The zero-order chi connectivity index (χ0) is 21.4. The average molecular weight is 424 g/mol. The van der Waals surface area contributed by atoms with Crippen LogP contribution in [0.4, 0.5) is 5.69 Å². The standard InChI is InChI=1S/C24H17N5OS/c1-14-22(23(30)29-28-14)21-11-19(18-8-4-5-9-20(18)27-21)24-26-17(13-31-24)10-15-6-2-3-7-16(15)12-25/h2-9,11,13,27H,10H2,1H3,(H,29,30). The lowest BCUT2D eigenvalue weighted by atomic mass is 9.96. The molecular formula is C24H17N5OS. The largest absolute Gasteiger partial charge is 0.354 e. The van der Waals surface area contributed by atoms with E-state index in [2.05, 4.69) is 21.9 Å². The lowest BCUT2D eigenvalue weighted by Gasteiger charge is -2.21. The first-order chi connectivity index (χ1) is 15.1. The van der Waals surface area contributed by atoms with E-state index in [-0.39, 0.29) is 5.91 Å². The van der Waals surface area contributed by atoms with E-state index in [9.17, 15) is 10.1 Å². The van der Waals surface area contributed by atoms with Gasteiger partial charge in [-0.15, -0.1) is 11.3 Å². The second-order valence-electron chi connectivity index (χ2n) is 7.25. The summed E-state index contributed by atoms with van der Waals surface area (Å²) in [7, 11) is 0. The van der Waals surface area contributed by atoms with Crippen molar-refractivity contribution in [3.05, 3.63) is 98.6 Å². The molecule has 3 heterocycles. The third kappa shape index (κ3) is 3.43. The normalized spacial score (nSPS) is 17.2. The number of aromatic nitrogens is 1. The molecule has 0 radical (unpaired) electrons. The number of hydrogen-bond donors (Lipinski definition) is 2. The molecule has 31 heavy (non-hydrogen) atoms. The van der Waals surface area contributed by atoms with Crippen molar-refractivity contribution in [2.24, 2.45) is 5.10 Å². The number of nitriles is 1. The molecule has 0 saturated carbocycles. The van der Waals surface area contributed by atoms with Crippen LogP contribution in [0.3, 0.4) is 0 Å². The van der Waals surface area contributed by atoms with E-state index in [4.69, 9.17) is 4.98 Å². The van der Waals surface area contributed by atoms with Crippen LogP contribution in [0.1, 0.15) is 34.3 Å². The van der Waals surface area contributed by atoms with Crippen molar-refractivity contribution in [1.82, 2.24) is 10.4 Å². The van der Waals surface area contributed by atoms with E-state index >= 15 is 0 Å². The van der Waals surface area contributed by atoms with Crippen molar-refractivity contribution >= 4 is 34.2 Å². The monoisotopic (exact) mass is 423 g/mol. The number of carbonyl (C=O) groups is 1. The predicted octanol–water partition coefficient (Wildman–Crippen LogP) is 4.22. The van der Waals surface area contributed by atoms with Crippen molar-refractivity contribution in [3.63, 3.8) is 0 Å². The summed E-state index contributed by atoms with van der Waals surface area (Å²) in [6, 6.07) is 17.8. The molecule has 2 N–H and O–H groups in total. The molecule has 1 amide bonds. The molecule has 7 heteroatoms. The van der Waals surface area contributed by atoms with E-state index in [0.29, 0.717) is 29.0 Å².